The van der Waals surface area contributed by atoms with Crippen molar-refractivity contribution in [2.45, 2.75) is 19.9 Å². The molecule has 0 radical (unpaired) electrons. The molecule has 0 aliphatic rings. The molecule has 2 N–H and O–H groups in total. The summed E-state index contributed by atoms with van der Waals surface area (Å²) in [7, 11) is 0. The Morgan fingerprint density at radius 2 is 1.76 bits per heavy atom. The topological polar surface area (TPSA) is 79.8 Å². The highest BCUT2D eigenvalue weighted by Gasteiger charge is 2.16. The lowest BCUT2D eigenvalue weighted by molar-refractivity contribution is 0.0940. The van der Waals surface area contributed by atoms with Gasteiger partial charge < -0.3 is 5.32 Å². The molecular weight excluding hydrogens is 419 g/mol. The van der Waals surface area contributed by atoms with Crippen LogP contribution >= 0.6 is 0 Å². The molecule has 5 aromatic rings. The number of fused-ring (bicyclic) bond motifs is 3. The Bertz CT molecular complexity index is 1550. The molecule has 164 valence electrons. The molecule has 1 amide bonds. The maximum atomic E-state index is 13.2. The van der Waals surface area contributed by atoms with Crippen LogP contribution in [0.2, 0.25) is 0 Å². The summed E-state index contributed by atoms with van der Waals surface area (Å²) in [5, 5.41) is 7.23. The Balaban J connectivity index is 1.53. The minimum atomic E-state index is -0.324. The highest BCUT2D eigenvalue weighted by molar-refractivity contribution is 6.06. The van der Waals surface area contributed by atoms with Gasteiger partial charge in [-0.2, -0.15) is 0 Å². The number of pyridine rings is 1. The lowest BCUT2D eigenvalue weighted by Gasteiger charge is -2.14. The first kappa shape index (κ1) is 20.6. The van der Waals surface area contributed by atoms with Crippen molar-refractivity contribution in [3.63, 3.8) is 0 Å². The van der Waals surface area contributed by atoms with Crippen molar-refractivity contribution in [3.05, 3.63) is 106 Å². The fourth-order valence-corrected chi connectivity index (χ4v) is 3.89. The average molecular weight is 440 g/mol. The standard InChI is InChI=1S/C26H21FN4O2/c1-15-3-10-20(11-4-15)31-26(33)22-14-28-23-12-7-18(13-21(23)24(22)30-31)25(32)29-16(2)17-5-8-19(27)9-6-17/h3-14,16,30H,1-2H3,(H,29,32)/t16-/m0/s1. The van der Waals surface area contributed by atoms with Crippen molar-refractivity contribution in [1.29, 1.82) is 0 Å². The van der Waals surface area contributed by atoms with E-state index in [0.29, 0.717) is 27.4 Å². The molecule has 2 heterocycles. The van der Waals surface area contributed by atoms with Crippen molar-refractivity contribution < 1.29 is 9.18 Å². The molecule has 33 heavy (non-hydrogen) atoms. The van der Waals surface area contributed by atoms with Crippen LogP contribution in [-0.4, -0.2) is 20.7 Å². The van der Waals surface area contributed by atoms with Crippen molar-refractivity contribution in [2.24, 2.45) is 0 Å². The predicted octanol–water partition coefficient (Wildman–Crippen LogP) is 4.81. The summed E-state index contributed by atoms with van der Waals surface area (Å²) in [6, 6.07) is 18.5. The first-order valence-corrected chi connectivity index (χ1v) is 10.6. The van der Waals surface area contributed by atoms with Gasteiger partial charge in [-0.15, -0.1) is 0 Å². The number of hydrogen-bond acceptors (Lipinski definition) is 3. The fourth-order valence-electron chi connectivity index (χ4n) is 3.89. The molecule has 3 aromatic carbocycles. The lowest BCUT2D eigenvalue weighted by atomic mass is 10.1. The summed E-state index contributed by atoms with van der Waals surface area (Å²) in [6.07, 6.45) is 1.55. The number of hydrogen-bond donors (Lipinski definition) is 2. The van der Waals surface area contributed by atoms with Crippen molar-refractivity contribution >= 4 is 27.7 Å². The van der Waals surface area contributed by atoms with Crippen LogP contribution in [-0.2, 0) is 0 Å². The number of halogens is 1. The first-order chi connectivity index (χ1) is 15.9. The van der Waals surface area contributed by atoms with E-state index in [0.717, 1.165) is 16.8 Å². The Kier molecular flexibility index (Phi) is 5.01. The molecule has 0 aliphatic heterocycles. The van der Waals surface area contributed by atoms with E-state index >= 15 is 0 Å². The van der Waals surface area contributed by atoms with E-state index in [1.807, 2.05) is 38.1 Å². The van der Waals surface area contributed by atoms with Gasteiger partial charge in [0.25, 0.3) is 11.5 Å². The summed E-state index contributed by atoms with van der Waals surface area (Å²) in [5.41, 5.74) is 4.14. The summed E-state index contributed by atoms with van der Waals surface area (Å²) < 4.78 is 14.7. The molecule has 0 aliphatic carbocycles. The van der Waals surface area contributed by atoms with Crippen molar-refractivity contribution in [2.75, 3.05) is 0 Å². The maximum absolute atomic E-state index is 13.2. The minimum Gasteiger partial charge on any atom is -0.346 e. The third kappa shape index (κ3) is 3.78. The van der Waals surface area contributed by atoms with Crippen LogP contribution in [0, 0.1) is 12.7 Å². The third-order valence-corrected chi connectivity index (χ3v) is 5.80. The quantitative estimate of drug-likeness (QED) is 0.421. The number of aromatic amines is 1. The number of amides is 1. The van der Waals surface area contributed by atoms with Crippen molar-refractivity contribution in [3.8, 4) is 5.69 Å². The molecule has 5 rings (SSSR count). The molecule has 0 bridgehead atoms. The Labute approximate surface area is 188 Å². The Hall–Kier alpha value is -4.26. The second kappa shape index (κ2) is 8.02. The number of aromatic nitrogens is 3. The zero-order valence-corrected chi connectivity index (χ0v) is 18.1. The van der Waals surface area contributed by atoms with Crippen LogP contribution in [0.15, 0.2) is 77.7 Å². The number of H-pyrrole nitrogens is 1. The number of carbonyl (C=O) groups is 1. The summed E-state index contributed by atoms with van der Waals surface area (Å²) in [6.45, 7) is 3.82. The zero-order chi connectivity index (χ0) is 23.1. The monoisotopic (exact) mass is 440 g/mol. The number of aryl methyl sites for hydroxylation is 1. The molecule has 0 spiro atoms. The molecule has 1 atom stereocenters. The van der Waals surface area contributed by atoms with Gasteiger partial charge in [0.15, 0.2) is 0 Å². The highest BCUT2D eigenvalue weighted by atomic mass is 19.1. The highest BCUT2D eigenvalue weighted by Crippen LogP contribution is 2.23. The predicted molar refractivity (Wildman–Crippen MR) is 126 cm³/mol. The largest absolute Gasteiger partial charge is 0.346 e. The number of nitrogens with zero attached hydrogens (tertiary/aromatic N) is 2. The second-order valence-electron chi connectivity index (χ2n) is 8.11. The lowest BCUT2D eigenvalue weighted by Crippen LogP contribution is -2.26. The summed E-state index contributed by atoms with van der Waals surface area (Å²) in [5.74, 6) is -0.596. The van der Waals surface area contributed by atoms with Gasteiger partial charge in [-0.1, -0.05) is 29.8 Å². The number of rotatable bonds is 4. The van der Waals surface area contributed by atoms with Gasteiger partial charge in [0, 0.05) is 17.1 Å². The number of carbonyl (C=O) groups excluding carboxylic acids is 1. The van der Waals surface area contributed by atoms with E-state index in [-0.39, 0.29) is 23.3 Å². The number of benzene rings is 3. The Morgan fingerprint density at radius 1 is 1.03 bits per heavy atom. The van der Waals surface area contributed by atoms with E-state index in [2.05, 4.69) is 15.4 Å². The maximum Gasteiger partial charge on any atom is 0.280 e. The number of nitrogens with one attached hydrogen (secondary N) is 2. The Morgan fingerprint density at radius 3 is 2.48 bits per heavy atom. The molecule has 0 fully saturated rings. The third-order valence-electron chi connectivity index (χ3n) is 5.80. The van der Waals surface area contributed by atoms with Crippen LogP contribution in [0.3, 0.4) is 0 Å². The molecular formula is C26H21FN4O2. The van der Waals surface area contributed by atoms with Crippen LogP contribution in [0.1, 0.15) is 34.5 Å². The molecule has 0 unspecified atom stereocenters. The first-order valence-electron chi connectivity index (χ1n) is 10.6. The molecule has 6 nitrogen and oxygen atoms in total. The van der Waals surface area contributed by atoms with Gasteiger partial charge in [-0.25, -0.2) is 9.07 Å². The summed E-state index contributed by atoms with van der Waals surface area (Å²) in [4.78, 5) is 30.3. The summed E-state index contributed by atoms with van der Waals surface area (Å²) >= 11 is 0. The van der Waals surface area contributed by atoms with Gasteiger partial charge in [0.1, 0.15) is 5.82 Å². The van der Waals surface area contributed by atoms with Crippen LogP contribution in [0.5, 0.6) is 0 Å². The van der Waals surface area contributed by atoms with Gasteiger partial charge in [-0.05, 0) is 61.9 Å². The molecule has 0 saturated heterocycles. The van der Waals surface area contributed by atoms with E-state index in [1.165, 1.54) is 16.8 Å². The molecule has 0 saturated carbocycles. The molecule has 2 aromatic heterocycles. The minimum absolute atomic E-state index is 0.206. The van der Waals surface area contributed by atoms with E-state index in [4.69, 9.17) is 0 Å². The fraction of sp³-hybridized carbons (Fsp3) is 0.115. The van der Waals surface area contributed by atoms with Gasteiger partial charge >= 0.3 is 0 Å². The van der Waals surface area contributed by atoms with E-state index in [1.54, 1.807) is 36.5 Å². The smallest absolute Gasteiger partial charge is 0.280 e. The molecule has 7 heteroatoms. The average Bonchev–Trinajstić information content (AvgIpc) is 3.16. The van der Waals surface area contributed by atoms with Crippen LogP contribution in [0.25, 0.3) is 27.5 Å². The SMILES string of the molecule is Cc1ccc(-n2[nH]c3c(cnc4ccc(C(=O)N[C@@H](C)c5ccc(F)cc5)cc43)c2=O)cc1. The normalized spacial score (nSPS) is 12.2. The van der Waals surface area contributed by atoms with Crippen LogP contribution < -0.4 is 10.9 Å². The van der Waals surface area contributed by atoms with Gasteiger partial charge in [0.05, 0.1) is 28.1 Å². The van der Waals surface area contributed by atoms with Crippen molar-refractivity contribution in [1.82, 2.24) is 20.1 Å². The van der Waals surface area contributed by atoms with E-state index in [9.17, 15) is 14.0 Å². The van der Waals surface area contributed by atoms with Gasteiger partial charge in [0.2, 0.25) is 0 Å². The zero-order valence-electron chi connectivity index (χ0n) is 18.1. The van der Waals surface area contributed by atoms with Crippen LogP contribution in [0.4, 0.5) is 4.39 Å². The second-order valence-corrected chi connectivity index (χ2v) is 8.11. The van der Waals surface area contributed by atoms with E-state index < -0.39 is 0 Å². The van der Waals surface area contributed by atoms with Gasteiger partial charge in [-0.3, -0.25) is 19.7 Å².